The Morgan fingerprint density at radius 3 is 2.21 bits per heavy atom. The Morgan fingerprint density at radius 2 is 1.61 bits per heavy atom. The van der Waals surface area contributed by atoms with Crippen molar-refractivity contribution in [3.05, 3.63) is 103 Å². The zero-order valence-electron chi connectivity index (χ0n) is 18.4. The van der Waals surface area contributed by atoms with Crippen molar-refractivity contribution >= 4 is 23.0 Å². The van der Waals surface area contributed by atoms with Crippen molar-refractivity contribution in [3.8, 4) is 17.2 Å². The molecule has 5 rings (SSSR count). The van der Waals surface area contributed by atoms with Crippen LogP contribution in [0.2, 0.25) is 0 Å². The summed E-state index contributed by atoms with van der Waals surface area (Å²) >= 11 is 5.78. The van der Waals surface area contributed by atoms with Gasteiger partial charge in [-0.05, 0) is 84.5 Å². The maximum Gasteiger partial charge on any atom is 0.174 e. The van der Waals surface area contributed by atoms with Crippen LogP contribution in [0.3, 0.4) is 0 Å². The maximum atomic E-state index is 5.99. The van der Waals surface area contributed by atoms with E-state index in [4.69, 9.17) is 21.7 Å². The molecule has 0 unspecified atom stereocenters. The van der Waals surface area contributed by atoms with Gasteiger partial charge in [0.05, 0.1) is 24.9 Å². The first kappa shape index (κ1) is 21.0. The molecule has 1 fully saturated rings. The van der Waals surface area contributed by atoms with Crippen LogP contribution in [0.25, 0.3) is 0 Å². The lowest BCUT2D eigenvalue weighted by Crippen LogP contribution is -2.29. The molecule has 0 saturated carbocycles. The second-order valence-electron chi connectivity index (χ2n) is 7.88. The van der Waals surface area contributed by atoms with Gasteiger partial charge >= 0.3 is 0 Å². The van der Waals surface area contributed by atoms with Crippen LogP contribution < -0.4 is 19.7 Å². The van der Waals surface area contributed by atoms with Crippen molar-refractivity contribution < 1.29 is 9.47 Å². The fourth-order valence-corrected chi connectivity index (χ4v) is 4.47. The van der Waals surface area contributed by atoms with Crippen LogP contribution >= 0.6 is 12.2 Å². The summed E-state index contributed by atoms with van der Waals surface area (Å²) in [7, 11) is 3.67. The van der Waals surface area contributed by atoms with E-state index in [9.17, 15) is 0 Å². The summed E-state index contributed by atoms with van der Waals surface area (Å²) in [6.07, 6.45) is 6.00. The highest BCUT2D eigenvalue weighted by atomic mass is 32.1. The molecule has 1 aliphatic heterocycles. The van der Waals surface area contributed by atoms with Crippen LogP contribution in [0.15, 0.2) is 91.4 Å². The van der Waals surface area contributed by atoms with Crippen molar-refractivity contribution in [1.29, 1.82) is 0 Å². The molecule has 2 aromatic carbocycles. The average molecular weight is 457 g/mol. The van der Waals surface area contributed by atoms with Crippen LogP contribution in [0, 0.1) is 0 Å². The molecule has 1 aliphatic rings. The summed E-state index contributed by atoms with van der Waals surface area (Å²) in [5, 5.41) is 4.15. The number of rotatable bonds is 6. The molecule has 3 heterocycles. The van der Waals surface area contributed by atoms with Crippen LogP contribution in [-0.4, -0.2) is 21.8 Å². The number of aromatic nitrogens is 2. The minimum absolute atomic E-state index is 0.0260. The number of anilines is 1. The first-order chi connectivity index (χ1) is 16.1. The van der Waals surface area contributed by atoms with Crippen LogP contribution in [-0.2, 0) is 7.05 Å². The zero-order chi connectivity index (χ0) is 22.8. The fraction of sp³-hybridized carbons (Fsp3) is 0.154. The molecule has 0 radical (unpaired) electrons. The second-order valence-corrected chi connectivity index (χ2v) is 8.27. The third kappa shape index (κ3) is 4.27. The van der Waals surface area contributed by atoms with Gasteiger partial charge in [0.15, 0.2) is 5.11 Å². The molecule has 33 heavy (non-hydrogen) atoms. The predicted octanol–water partition coefficient (Wildman–Crippen LogP) is 5.40. The van der Waals surface area contributed by atoms with Gasteiger partial charge in [-0.3, -0.25) is 4.98 Å². The lowest BCUT2D eigenvalue weighted by molar-refractivity contribution is 0.413. The van der Waals surface area contributed by atoms with E-state index < -0.39 is 0 Å². The Labute approximate surface area is 198 Å². The molecule has 166 valence electrons. The third-order valence-corrected chi connectivity index (χ3v) is 6.02. The van der Waals surface area contributed by atoms with Crippen molar-refractivity contribution in [3.63, 3.8) is 0 Å². The quantitative estimate of drug-likeness (QED) is 0.392. The van der Waals surface area contributed by atoms with Crippen molar-refractivity contribution in [2.45, 2.75) is 12.1 Å². The number of ether oxygens (including phenoxy) is 2. The normalized spacial score (nSPS) is 17.6. The Bertz CT molecular complexity index is 1240. The summed E-state index contributed by atoms with van der Waals surface area (Å²) in [5.74, 6) is 2.29. The standard InChI is InChI=1S/C26H24N4O2S/c1-29-16-14-18(17-29)25-24(23-5-3-4-15-27-23)28-26(33)30(25)19-6-8-21(9-7-19)32-22-12-10-20(31-2)11-13-22/h3-17,24-25H,1-2H3,(H,28,33)/t24-,25-/m0/s1. The van der Waals surface area contributed by atoms with E-state index >= 15 is 0 Å². The molecule has 2 aromatic heterocycles. The van der Waals surface area contributed by atoms with Crippen LogP contribution in [0.1, 0.15) is 23.3 Å². The van der Waals surface area contributed by atoms with Gasteiger partial charge in [0, 0.05) is 31.3 Å². The highest BCUT2D eigenvalue weighted by molar-refractivity contribution is 7.80. The molecule has 2 atom stereocenters. The number of aryl methyl sites for hydroxylation is 1. The lowest BCUT2D eigenvalue weighted by atomic mass is 9.98. The van der Waals surface area contributed by atoms with Gasteiger partial charge in [0.25, 0.3) is 0 Å². The number of nitrogens with zero attached hydrogens (tertiary/aromatic N) is 3. The van der Waals surface area contributed by atoms with Gasteiger partial charge in [0.1, 0.15) is 17.2 Å². The van der Waals surface area contributed by atoms with E-state index in [-0.39, 0.29) is 12.1 Å². The number of hydrogen-bond donors (Lipinski definition) is 1. The Kier molecular flexibility index (Phi) is 5.71. The van der Waals surface area contributed by atoms with E-state index in [0.29, 0.717) is 5.11 Å². The lowest BCUT2D eigenvalue weighted by Gasteiger charge is -2.27. The number of benzene rings is 2. The van der Waals surface area contributed by atoms with Gasteiger partial charge in [0.2, 0.25) is 0 Å². The number of thiocarbonyl (C=S) groups is 1. The molecule has 7 heteroatoms. The minimum Gasteiger partial charge on any atom is -0.497 e. The number of methoxy groups -OCH3 is 1. The molecule has 1 saturated heterocycles. The van der Waals surface area contributed by atoms with Gasteiger partial charge in [-0.1, -0.05) is 6.07 Å². The Hall–Kier alpha value is -3.84. The number of pyridine rings is 1. The van der Waals surface area contributed by atoms with Crippen LogP contribution in [0.4, 0.5) is 5.69 Å². The first-order valence-corrected chi connectivity index (χ1v) is 11.1. The zero-order valence-corrected chi connectivity index (χ0v) is 19.2. The summed E-state index contributed by atoms with van der Waals surface area (Å²) < 4.78 is 13.2. The topological polar surface area (TPSA) is 51.6 Å². The van der Waals surface area contributed by atoms with Crippen molar-refractivity contribution in [1.82, 2.24) is 14.9 Å². The fourth-order valence-electron chi connectivity index (χ4n) is 4.13. The van der Waals surface area contributed by atoms with Crippen molar-refractivity contribution in [2.75, 3.05) is 12.0 Å². The van der Waals surface area contributed by atoms with Crippen molar-refractivity contribution in [2.24, 2.45) is 7.05 Å². The van der Waals surface area contributed by atoms with E-state index in [2.05, 4.69) is 38.2 Å². The van der Waals surface area contributed by atoms with E-state index in [0.717, 1.165) is 28.6 Å². The number of nitrogens with one attached hydrogen (secondary N) is 1. The predicted molar refractivity (Wildman–Crippen MR) is 133 cm³/mol. The molecule has 0 spiro atoms. The molecule has 4 aromatic rings. The van der Waals surface area contributed by atoms with Crippen LogP contribution in [0.5, 0.6) is 17.2 Å². The second kappa shape index (κ2) is 8.96. The molecule has 0 bridgehead atoms. The number of hydrogen-bond acceptors (Lipinski definition) is 4. The third-order valence-electron chi connectivity index (χ3n) is 5.70. The molecular weight excluding hydrogens is 432 g/mol. The van der Waals surface area contributed by atoms with E-state index in [1.807, 2.05) is 80.0 Å². The molecular formula is C26H24N4O2S. The summed E-state index contributed by atoms with van der Waals surface area (Å²) in [4.78, 5) is 6.75. The SMILES string of the molecule is COc1ccc(Oc2ccc(N3C(=S)N[C@@H](c4ccccn4)[C@@H]3c3ccn(C)c3)cc2)cc1. The first-order valence-electron chi connectivity index (χ1n) is 10.7. The molecule has 1 N–H and O–H groups in total. The highest BCUT2D eigenvalue weighted by Gasteiger charge is 2.40. The smallest absolute Gasteiger partial charge is 0.174 e. The Morgan fingerprint density at radius 1 is 0.909 bits per heavy atom. The van der Waals surface area contributed by atoms with Gasteiger partial charge in [-0.2, -0.15) is 0 Å². The van der Waals surface area contributed by atoms with Gasteiger partial charge < -0.3 is 24.3 Å². The average Bonchev–Trinajstić information content (AvgIpc) is 3.43. The largest absolute Gasteiger partial charge is 0.497 e. The Balaban J connectivity index is 1.44. The summed E-state index contributed by atoms with van der Waals surface area (Å²) in [5.41, 5.74) is 3.11. The minimum atomic E-state index is -0.0590. The highest BCUT2D eigenvalue weighted by Crippen LogP contribution is 2.42. The summed E-state index contributed by atoms with van der Waals surface area (Å²) in [6.45, 7) is 0. The molecule has 6 nitrogen and oxygen atoms in total. The van der Waals surface area contributed by atoms with E-state index in [1.54, 1.807) is 7.11 Å². The molecule has 0 aliphatic carbocycles. The monoisotopic (exact) mass is 456 g/mol. The molecule has 0 amide bonds. The summed E-state index contributed by atoms with van der Waals surface area (Å²) in [6, 6.07) is 23.5. The maximum absolute atomic E-state index is 5.99. The van der Waals surface area contributed by atoms with Gasteiger partial charge in [-0.25, -0.2) is 0 Å². The van der Waals surface area contributed by atoms with Gasteiger partial charge in [-0.15, -0.1) is 0 Å². The van der Waals surface area contributed by atoms with E-state index in [1.165, 1.54) is 5.56 Å².